The Balaban J connectivity index is 1.40. The number of hydrogen-bond acceptors (Lipinski definition) is 6. The van der Waals surface area contributed by atoms with Crippen LogP contribution in [-0.4, -0.2) is 25.7 Å². The number of sulfonamides is 1. The molecule has 0 aliphatic heterocycles. The van der Waals surface area contributed by atoms with Crippen molar-refractivity contribution in [2.24, 2.45) is 0 Å². The van der Waals surface area contributed by atoms with Crippen LogP contribution >= 0.6 is 0 Å². The zero-order valence-corrected chi connectivity index (χ0v) is 22.7. The molecule has 204 valence electrons. The lowest BCUT2D eigenvalue weighted by atomic mass is 9.93. The summed E-state index contributed by atoms with van der Waals surface area (Å²) in [7, 11) is -2.50. The quantitative estimate of drug-likeness (QED) is 0.172. The maximum absolute atomic E-state index is 13.5. The Morgan fingerprint density at radius 1 is 0.683 bits per heavy atom. The van der Waals surface area contributed by atoms with Crippen molar-refractivity contribution >= 4 is 37.3 Å². The number of benzene rings is 6. The lowest BCUT2D eigenvalue weighted by Crippen LogP contribution is -2.13. The second-order valence-corrected chi connectivity index (χ2v) is 11.1. The number of phenols is 2. The highest BCUT2D eigenvalue weighted by atomic mass is 32.2. The van der Waals surface area contributed by atoms with Crippen LogP contribution in [0.3, 0.4) is 0 Å². The number of fused-ring (bicyclic) bond motifs is 2. The minimum atomic E-state index is -4.05. The number of para-hydroxylation sites is 2. The van der Waals surface area contributed by atoms with Crippen LogP contribution in [0.15, 0.2) is 120 Å². The number of phenolic OH excluding ortho intramolecular Hbond substituents is 2. The molecule has 41 heavy (non-hydrogen) atoms. The summed E-state index contributed by atoms with van der Waals surface area (Å²) in [6, 6.07) is 32.5. The summed E-state index contributed by atoms with van der Waals surface area (Å²) in [5.41, 5.74) is 0.969. The van der Waals surface area contributed by atoms with Gasteiger partial charge in [0.1, 0.15) is 17.2 Å². The van der Waals surface area contributed by atoms with Crippen LogP contribution in [0.4, 0.5) is 5.69 Å². The zero-order valence-electron chi connectivity index (χ0n) is 21.9. The summed E-state index contributed by atoms with van der Waals surface area (Å²) in [5.74, 6) is 1.40. The highest BCUT2D eigenvalue weighted by Crippen LogP contribution is 2.46. The predicted octanol–water partition coefficient (Wildman–Crippen LogP) is 7.67. The monoisotopic (exact) mass is 563 g/mol. The van der Waals surface area contributed by atoms with Gasteiger partial charge in [-0.3, -0.25) is 4.72 Å². The smallest absolute Gasteiger partial charge is 0.261 e. The van der Waals surface area contributed by atoms with E-state index < -0.39 is 10.0 Å². The van der Waals surface area contributed by atoms with Gasteiger partial charge in [-0.25, -0.2) is 8.42 Å². The summed E-state index contributed by atoms with van der Waals surface area (Å²) < 4.78 is 41.0. The number of anilines is 1. The fourth-order valence-electron chi connectivity index (χ4n) is 4.90. The Bertz CT molecular complexity index is 2020. The third-order valence-corrected chi connectivity index (χ3v) is 8.25. The first-order valence-corrected chi connectivity index (χ1v) is 14.2. The van der Waals surface area contributed by atoms with E-state index in [2.05, 4.69) is 4.72 Å². The molecule has 0 aliphatic rings. The number of rotatable bonds is 7. The van der Waals surface area contributed by atoms with Gasteiger partial charge >= 0.3 is 0 Å². The van der Waals surface area contributed by atoms with Crippen LogP contribution in [0.2, 0.25) is 0 Å². The molecule has 0 bridgehead atoms. The molecule has 0 heterocycles. The van der Waals surface area contributed by atoms with Crippen LogP contribution in [0.5, 0.6) is 28.7 Å². The van der Waals surface area contributed by atoms with E-state index in [1.54, 1.807) is 73.8 Å². The highest BCUT2D eigenvalue weighted by Gasteiger charge is 2.21. The minimum Gasteiger partial charge on any atom is -0.507 e. The Labute approximate surface area is 236 Å². The maximum Gasteiger partial charge on any atom is 0.261 e. The lowest BCUT2D eigenvalue weighted by Gasteiger charge is -2.17. The normalized spacial score (nSPS) is 11.4. The predicted molar refractivity (Wildman–Crippen MR) is 161 cm³/mol. The topological polar surface area (TPSA) is 105 Å². The third kappa shape index (κ3) is 4.85. The molecule has 3 N–H and O–H groups in total. The molecule has 0 radical (unpaired) electrons. The molecular formula is C33H25NO6S. The van der Waals surface area contributed by atoms with Gasteiger partial charge in [0, 0.05) is 21.9 Å². The van der Waals surface area contributed by atoms with Crippen molar-refractivity contribution in [2.45, 2.75) is 4.90 Å². The summed E-state index contributed by atoms with van der Waals surface area (Å²) in [6.45, 7) is 0. The molecule has 6 rings (SSSR count). The van der Waals surface area contributed by atoms with Crippen LogP contribution in [0, 0.1) is 0 Å². The molecule has 0 aromatic heterocycles. The Kier molecular flexibility index (Phi) is 6.61. The summed E-state index contributed by atoms with van der Waals surface area (Å²) in [5, 5.41) is 24.7. The molecule has 0 fully saturated rings. The van der Waals surface area contributed by atoms with Crippen LogP contribution in [0.25, 0.3) is 32.7 Å². The molecule has 8 heteroatoms. The van der Waals surface area contributed by atoms with Gasteiger partial charge in [-0.15, -0.1) is 0 Å². The number of nitrogens with one attached hydrogen (secondary N) is 1. The number of ether oxygens (including phenoxy) is 2. The molecule has 0 aliphatic carbocycles. The molecule has 7 nitrogen and oxygen atoms in total. The van der Waals surface area contributed by atoms with Crippen molar-refractivity contribution in [3.63, 3.8) is 0 Å². The third-order valence-electron chi connectivity index (χ3n) is 6.87. The van der Waals surface area contributed by atoms with Gasteiger partial charge in [0.2, 0.25) is 0 Å². The zero-order chi connectivity index (χ0) is 28.6. The molecule has 0 amide bonds. The lowest BCUT2D eigenvalue weighted by molar-refractivity contribution is 0.379. The maximum atomic E-state index is 13.5. The van der Waals surface area contributed by atoms with E-state index in [9.17, 15) is 18.6 Å². The van der Waals surface area contributed by atoms with Gasteiger partial charge in [-0.1, -0.05) is 66.7 Å². The van der Waals surface area contributed by atoms with E-state index in [1.807, 2.05) is 36.4 Å². The van der Waals surface area contributed by atoms with Crippen LogP contribution < -0.4 is 14.2 Å². The average Bonchev–Trinajstić information content (AvgIpc) is 2.99. The van der Waals surface area contributed by atoms with Gasteiger partial charge in [-0.2, -0.15) is 0 Å². The van der Waals surface area contributed by atoms with E-state index in [-0.39, 0.29) is 22.1 Å². The van der Waals surface area contributed by atoms with E-state index in [0.717, 1.165) is 10.8 Å². The molecule has 0 spiro atoms. The van der Waals surface area contributed by atoms with Crippen molar-refractivity contribution < 1.29 is 28.1 Å². The van der Waals surface area contributed by atoms with E-state index in [1.165, 1.54) is 12.1 Å². The summed E-state index contributed by atoms with van der Waals surface area (Å²) in [6.07, 6.45) is 0. The Morgan fingerprint density at radius 3 is 2.05 bits per heavy atom. The molecule has 6 aromatic rings. The summed E-state index contributed by atoms with van der Waals surface area (Å²) >= 11 is 0. The van der Waals surface area contributed by atoms with Crippen LogP contribution in [0.1, 0.15) is 0 Å². The average molecular weight is 564 g/mol. The molecule has 0 atom stereocenters. The number of aromatic hydroxyl groups is 2. The van der Waals surface area contributed by atoms with E-state index in [4.69, 9.17) is 9.47 Å². The standard InChI is InChI=1S/C33H25NO6S/c1-39-30-12-6-7-13-31(30)40-22-15-17-23(18-16-22)41(37,38)34-28-20-27(33(36)26-11-5-4-10-25(26)28)32-24-9-3-2-8-21(24)14-19-29(32)35/h2-20,34-36H,1H3. The fourth-order valence-corrected chi connectivity index (χ4v) is 5.97. The highest BCUT2D eigenvalue weighted by molar-refractivity contribution is 7.92. The Hall–Kier alpha value is -5.21. The van der Waals surface area contributed by atoms with Crippen LogP contribution in [-0.2, 0) is 10.0 Å². The van der Waals surface area contributed by atoms with Gasteiger partial charge in [0.25, 0.3) is 10.0 Å². The van der Waals surface area contributed by atoms with Gasteiger partial charge in [-0.05, 0) is 59.3 Å². The largest absolute Gasteiger partial charge is 0.507 e. The first kappa shape index (κ1) is 26.0. The van der Waals surface area contributed by atoms with Crippen molar-refractivity contribution in [3.8, 4) is 39.9 Å². The van der Waals surface area contributed by atoms with Crippen molar-refractivity contribution in [1.82, 2.24) is 0 Å². The first-order valence-electron chi connectivity index (χ1n) is 12.8. The second-order valence-electron chi connectivity index (χ2n) is 9.38. The minimum absolute atomic E-state index is 0.0246. The fraction of sp³-hybridized carbons (Fsp3) is 0.0303. The van der Waals surface area contributed by atoms with Crippen molar-refractivity contribution in [2.75, 3.05) is 11.8 Å². The summed E-state index contributed by atoms with van der Waals surface area (Å²) in [4.78, 5) is 0.0246. The number of hydrogen-bond donors (Lipinski definition) is 3. The Morgan fingerprint density at radius 2 is 1.32 bits per heavy atom. The van der Waals surface area contributed by atoms with Gasteiger partial charge in [0.15, 0.2) is 11.5 Å². The second kappa shape index (κ2) is 10.4. The van der Waals surface area contributed by atoms with E-state index >= 15 is 0 Å². The molecule has 6 aromatic carbocycles. The molecule has 0 saturated heterocycles. The van der Waals surface area contributed by atoms with Crippen molar-refractivity contribution in [1.29, 1.82) is 0 Å². The SMILES string of the molecule is COc1ccccc1Oc1ccc(S(=O)(=O)Nc2cc(-c3c(O)ccc4ccccc34)c(O)c3ccccc23)cc1. The van der Waals surface area contributed by atoms with Crippen molar-refractivity contribution in [3.05, 3.63) is 115 Å². The van der Waals surface area contributed by atoms with Gasteiger partial charge < -0.3 is 19.7 Å². The first-order chi connectivity index (χ1) is 19.9. The molecule has 0 unspecified atom stereocenters. The molecular weight excluding hydrogens is 538 g/mol. The van der Waals surface area contributed by atoms with Gasteiger partial charge in [0.05, 0.1) is 17.7 Å². The molecule has 0 saturated carbocycles. The van der Waals surface area contributed by atoms with E-state index in [0.29, 0.717) is 39.1 Å². The number of methoxy groups -OCH3 is 1.